The van der Waals surface area contributed by atoms with Crippen LogP contribution in [0.5, 0.6) is 11.5 Å². The predicted octanol–water partition coefficient (Wildman–Crippen LogP) is 6.68. The van der Waals surface area contributed by atoms with Crippen molar-refractivity contribution in [3.8, 4) is 11.5 Å². The van der Waals surface area contributed by atoms with Gasteiger partial charge in [0.2, 0.25) is 0 Å². The molecule has 0 aliphatic rings. The summed E-state index contributed by atoms with van der Waals surface area (Å²) in [5.41, 5.74) is -0.938. The van der Waals surface area contributed by atoms with E-state index in [-0.39, 0.29) is 23.5 Å². The van der Waals surface area contributed by atoms with Crippen molar-refractivity contribution in [1.82, 2.24) is 10.6 Å². The Morgan fingerprint density at radius 2 is 1.34 bits per heavy atom. The number of benzene rings is 3. The largest absolute Gasteiger partial charge is 0.573 e. The van der Waals surface area contributed by atoms with Crippen LogP contribution in [0.25, 0.3) is 0 Å². The Kier molecular flexibility index (Phi) is 10.1. The van der Waals surface area contributed by atoms with Gasteiger partial charge in [0.1, 0.15) is 11.5 Å². The molecule has 2 unspecified atom stereocenters. The number of rotatable bonds is 11. The third-order valence-electron chi connectivity index (χ3n) is 6.60. The maximum atomic E-state index is 13.5. The number of aliphatic hydroxyl groups excluding tert-OH is 1. The summed E-state index contributed by atoms with van der Waals surface area (Å²) >= 11 is 0. The van der Waals surface area contributed by atoms with Gasteiger partial charge < -0.3 is 25.2 Å². The number of urea groups is 1. The molecule has 0 saturated heterocycles. The van der Waals surface area contributed by atoms with E-state index in [0.717, 1.165) is 24.3 Å². The molecule has 0 spiro atoms. The van der Waals surface area contributed by atoms with Crippen LogP contribution in [0.4, 0.5) is 31.1 Å². The minimum absolute atomic E-state index is 0.0840. The fourth-order valence-electron chi connectivity index (χ4n) is 4.43. The first-order valence-corrected chi connectivity index (χ1v) is 12.7. The monoisotopic (exact) mass is 584 g/mol. The number of carbonyl (C=O) groups is 1. The topological polar surface area (TPSA) is 79.8 Å². The Labute approximate surface area is 233 Å². The molecule has 2 atom stereocenters. The summed E-state index contributed by atoms with van der Waals surface area (Å²) in [6.45, 7) is 3.29. The van der Waals surface area contributed by atoms with E-state index in [2.05, 4.69) is 20.1 Å². The fraction of sp³-hybridized carbons (Fsp3) is 0.345. The van der Waals surface area contributed by atoms with E-state index in [1.165, 1.54) is 24.3 Å². The SMILES string of the molecule is CCC(C)C(CO)NC(=O)NC(Cc1ccccc1)(c1cccc(OC(F)(F)F)c1)c1cccc(OC(F)(F)F)c1. The molecule has 3 aromatic rings. The van der Waals surface area contributed by atoms with Crippen LogP contribution in [0.1, 0.15) is 37.0 Å². The summed E-state index contributed by atoms with van der Waals surface area (Å²) in [7, 11) is 0. The van der Waals surface area contributed by atoms with Gasteiger partial charge in [-0.15, -0.1) is 26.3 Å². The highest BCUT2D eigenvalue weighted by molar-refractivity contribution is 5.76. The minimum Gasteiger partial charge on any atom is -0.406 e. The summed E-state index contributed by atoms with van der Waals surface area (Å²) in [5, 5.41) is 15.3. The van der Waals surface area contributed by atoms with E-state index in [4.69, 9.17) is 0 Å². The molecule has 0 radical (unpaired) electrons. The van der Waals surface area contributed by atoms with Gasteiger partial charge in [-0.25, -0.2) is 4.79 Å². The van der Waals surface area contributed by atoms with Gasteiger partial charge in [-0.3, -0.25) is 0 Å². The molecule has 3 N–H and O–H groups in total. The maximum Gasteiger partial charge on any atom is 0.573 e. The van der Waals surface area contributed by atoms with E-state index in [9.17, 15) is 36.2 Å². The number of halogens is 6. The molecule has 12 heteroatoms. The maximum absolute atomic E-state index is 13.5. The van der Waals surface area contributed by atoms with Gasteiger partial charge in [0.25, 0.3) is 0 Å². The van der Waals surface area contributed by atoms with Gasteiger partial charge in [0, 0.05) is 6.42 Å². The molecule has 0 aliphatic heterocycles. The van der Waals surface area contributed by atoms with Crippen molar-refractivity contribution in [3.05, 3.63) is 95.6 Å². The van der Waals surface area contributed by atoms with Crippen molar-refractivity contribution in [2.24, 2.45) is 5.92 Å². The molecule has 0 bridgehead atoms. The van der Waals surface area contributed by atoms with Crippen LogP contribution in [0.15, 0.2) is 78.9 Å². The number of carbonyl (C=O) groups excluding carboxylic acids is 1. The Bertz CT molecular complexity index is 1220. The summed E-state index contributed by atoms with van der Waals surface area (Å²) < 4.78 is 86.8. The number of alkyl halides is 6. The minimum atomic E-state index is -5.02. The first-order chi connectivity index (χ1) is 19.2. The number of hydrogen-bond donors (Lipinski definition) is 3. The van der Waals surface area contributed by atoms with Crippen molar-refractivity contribution in [2.45, 2.75) is 51.0 Å². The smallest absolute Gasteiger partial charge is 0.406 e. The van der Waals surface area contributed by atoms with E-state index in [1.54, 1.807) is 30.3 Å². The van der Waals surface area contributed by atoms with Gasteiger partial charge in [-0.2, -0.15) is 0 Å². The van der Waals surface area contributed by atoms with Crippen LogP contribution in [0.2, 0.25) is 0 Å². The van der Waals surface area contributed by atoms with Crippen LogP contribution in [-0.4, -0.2) is 36.5 Å². The second-order valence-corrected chi connectivity index (χ2v) is 9.49. The molecule has 2 amide bonds. The number of aliphatic hydroxyl groups is 1. The van der Waals surface area contributed by atoms with Crippen LogP contribution in [-0.2, 0) is 12.0 Å². The van der Waals surface area contributed by atoms with Crippen LogP contribution >= 0.6 is 0 Å². The average Bonchev–Trinajstić information content (AvgIpc) is 2.90. The Morgan fingerprint density at radius 3 is 1.78 bits per heavy atom. The highest BCUT2D eigenvalue weighted by Crippen LogP contribution is 2.38. The van der Waals surface area contributed by atoms with Gasteiger partial charge in [-0.1, -0.05) is 74.9 Å². The lowest BCUT2D eigenvalue weighted by Gasteiger charge is -2.37. The molecule has 222 valence electrons. The molecule has 6 nitrogen and oxygen atoms in total. The van der Waals surface area contributed by atoms with E-state index in [0.29, 0.717) is 12.0 Å². The van der Waals surface area contributed by atoms with Crippen LogP contribution in [0.3, 0.4) is 0 Å². The Hall–Kier alpha value is -3.93. The highest BCUT2D eigenvalue weighted by atomic mass is 19.4. The van der Waals surface area contributed by atoms with Crippen molar-refractivity contribution < 1.29 is 45.7 Å². The summed E-state index contributed by atoms with van der Waals surface area (Å²) in [4.78, 5) is 13.5. The van der Waals surface area contributed by atoms with Gasteiger partial charge in [-0.05, 0) is 46.9 Å². The summed E-state index contributed by atoms with van der Waals surface area (Å²) in [5.74, 6) is -1.32. The first kappa shape index (κ1) is 31.6. The molecule has 0 fully saturated rings. The third-order valence-corrected chi connectivity index (χ3v) is 6.60. The molecule has 0 aliphatic carbocycles. The zero-order valence-corrected chi connectivity index (χ0v) is 22.2. The van der Waals surface area contributed by atoms with Crippen molar-refractivity contribution in [1.29, 1.82) is 0 Å². The van der Waals surface area contributed by atoms with Crippen molar-refractivity contribution in [2.75, 3.05) is 6.61 Å². The zero-order valence-electron chi connectivity index (χ0n) is 22.2. The van der Waals surface area contributed by atoms with Gasteiger partial charge in [0.05, 0.1) is 18.2 Å². The molecule has 3 rings (SSSR count). The van der Waals surface area contributed by atoms with E-state index < -0.39 is 48.4 Å². The van der Waals surface area contributed by atoms with Crippen LogP contribution < -0.4 is 20.1 Å². The Balaban J connectivity index is 2.23. The number of amides is 2. The molecular weight excluding hydrogens is 554 g/mol. The fourth-order valence-corrected chi connectivity index (χ4v) is 4.43. The quantitative estimate of drug-likeness (QED) is 0.220. The second-order valence-electron chi connectivity index (χ2n) is 9.49. The summed E-state index contributed by atoms with van der Waals surface area (Å²) in [6.07, 6.45) is -9.50. The number of nitrogens with one attached hydrogen (secondary N) is 2. The number of hydrogen-bond acceptors (Lipinski definition) is 4. The lowest BCUT2D eigenvalue weighted by atomic mass is 9.77. The van der Waals surface area contributed by atoms with Gasteiger partial charge >= 0.3 is 18.8 Å². The van der Waals surface area contributed by atoms with E-state index >= 15 is 0 Å². The normalized spacial score (nSPS) is 13.7. The lowest BCUT2D eigenvalue weighted by molar-refractivity contribution is -0.275. The zero-order chi connectivity index (χ0) is 30.3. The van der Waals surface area contributed by atoms with Crippen LogP contribution in [0, 0.1) is 5.92 Å². The molecule has 0 saturated carbocycles. The molecule has 41 heavy (non-hydrogen) atoms. The third kappa shape index (κ3) is 9.04. The van der Waals surface area contributed by atoms with Gasteiger partial charge in [0.15, 0.2) is 0 Å². The first-order valence-electron chi connectivity index (χ1n) is 12.7. The molecule has 0 aromatic heterocycles. The lowest BCUT2D eigenvalue weighted by Crippen LogP contribution is -2.55. The second kappa shape index (κ2) is 13.2. The van der Waals surface area contributed by atoms with Crippen molar-refractivity contribution in [3.63, 3.8) is 0 Å². The highest BCUT2D eigenvalue weighted by Gasteiger charge is 2.39. The number of ether oxygens (including phenoxy) is 2. The standard InChI is InChI=1S/C29H30F6N2O4/c1-3-19(2)25(18-38)36-26(39)37-27(17-20-9-5-4-6-10-20,21-11-7-13-23(15-21)40-28(30,31)32)22-12-8-14-24(16-22)41-29(33,34)35/h4-16,19,25,38H,3,17-18H2,1-2H3,(H2,36,37,39). The Morgan fingerprint density at radius 1 is 0.829 bits per heavy atom. The van der Waals surface area contributed by atoms with E-state index in [1.807, 2.05) is 13.8 Å². The molecule has 3 aromatic carbocycles. The summed E-state index contributed by atoms with van der Waals surface area (Å²) in [6, 6.07) is 16.8. The molecular formula is C29H30F6N2O4. The average molecular weight is 585 g/mol. The van der Waals surface area contributed by atoms with Crippen molar-refractivity contribution >= 4 is 6.03 Å². The molecule has 0 heterocycles. The predicted molar refractivity (Wildman–Crippen MR) is 139 cm³/mol.